The minimum Gasteiger partial charge on any atom is -1.00 e. The van der Waals surface area contributed by atoms with Crippen LogP contribution in [0.5, 0.6) is 0 Å². The predicted octanol–water partition coefficient (Wildman–Crippen LogP) is -1.15. The van der Waals surface area contributed by atoms with Crippen LogP contribution in [-0.4, -0.2) is 7.11 Å². The SMILES string of the molecule is C=C1[CH]C(OC)=CC=C1.[Cl-].[Zn]. The molecule has 0 saturated heterocycles. The quantitative estimate of drug-likeness (QED) is 0.509. The van der Waals surface area contributed by atoms with Crippen molar-refractivity contribution in [3.05, 3.63) is 42.6 Å². The van der Waals surface area contributed by atoms with E-state index in [9.17, 15) is 0 Å². The summed E-state index contributed by atoms with van der Waals surface area (Å²) >= 11 is 0. The summed E-state index contributed by atoms with van der Waals surface area (Å²) in [4.78, 5) is 0. The fourth-order valence-electron chi connectivity index (χ4n) is 0.672. The van der Waals surface area contributed by atoms with E-state index in [1.807, 2.05) is 24.6 Å². The van der Waals surface area contributed by atoms with Crippen molar-refractivity contribution >= 4 is 0 Å². The van der Waals surface area contributed by atoms with Crippen LogP contribution in [-0.2, 0) is 24.2 Å². The van der Waals surface area contributed by atoms with Crippen LogP contribution in [0, 0.1) is 6.42 Å². The molecule has 0 atom stereocenters. The van der Waals surface area contributed by atoms with E-state index < -0.39 is 0 Å². The van der Waals surface area contributed by atoms with Gasteiger partial charge in [-0.2, -0.15) is 0 Å². The van der Waals surface area contributed by atoms with Crippen LogP contribution >= 0.6 is 0 Å². The first-order valence-corrected chi connectivity index (χ1v) is 2.79. The minimum atomic E-state index is 0. The van der Waals surface area contributed by atoms with E-state index in [1.165, 1.54) is 0 Å². The molecule has 1 nitrogen and oxygen atoms in total. The molecule has 0 bridgehead atoms. The van der Waals surface area contributed by atoms with Crippen LogP contribution in [0.3, 0.4) is 0 Å². The van der Waals surface area contributed by atoms with Crippen molar-refractivity contribution in [1.29, 1.82) is 0 Å². The van der Waals surface area contributed by atoms with Gasteiger partial charge in [-0.25, -0.2) is 0 Å². The maximum atomic E-state index is 4.96. The number of ether oxygens (including phenoxy) is 1. The Morgan fingerprint density at radius 3 is 2.45 bits per heavy atom. The van der Waals surface area contributed by atoms with Crippen molar-refractivity contribution in [3.63, 3.8) is 0 Å². The molecule has 0 amide bonds. The molecule has 11 heavy (non-hydrogen) atoms. The maximum Gasteiger partial charge on any atom is 0.104 e. The number of halogens is 1. The maximum absolute atomic E-state index is 4.96. The standard InChI is InChI=1S/C8H9O.ClH.Zn/c1-7-4-3-5-8(6-7)9-2;;/h3-6H,1H2,2H3;1H;/p-1. The van der Waals surface area contributed by atoms with Gasteiger partial charge in [-0.1, -0.05) is 18.7 Å². The Morgan fingerprint density at radius 2 is 2.09 bits per heavy atom. The second-order valence-electron chi connectivity index (χ2n) is 1.85. The predicted molar refractivity (Wildman–Crippen MR) is 37.7 cm³/mol. The average Bonchev–Trinajstić information content (AvgIpc) is 1.88. The summed E-state index contributed by atoms with van der Waals surface area (Å²) in [6.45, 7) is 3.75. The van der Waals surface area contributed by atoms with Crippen LogP contribution in [0.4, 0.5) is 0 Å². The van der Waals surface area contributed by atoms with E-state index in [-0.39, 0.29) is 31.9 Å². The normalized spacial score (nSPS) is 14.3. The summed E-state index contributed by atoms with van der Waals surface area (Å²) < 4.78 is 4.96. The molecule has 0 aromatic heterocycles. The Balaban J connectivity index is 0. The monoisotopic (exact) mass is 220 g/mol. The van der Waals surface area contributed by atoms with Crippen molar-refractivity contribution in [1.82, 2.24) is 0 Å². The minimum absolute atomic E-state index is 0. The first-order chi connectivity index (χ1) is 4.33. The summed E-state index contributed by atoms with van der Waals surface area (Å²) in [6.07, 6.45) is 7.64. The van der Waals surface area contributed by atoms with E-state index in [1.54, 1.807) is 7.11 Å². The molecular formula is C8H9ClOZn-. The molecule has 3 heteroatoms. The van der Waals surface area contributed by atoms with Gasteiger partial charge in [0.2, 0.25) is 0 Å². The average molecular weight is 222 g/mol. The van der Waals surface area contributed by atoms with Gasteiger partial charge in [0.05, 0.1) is 13.5 Å². The summed E-state index contributed by atoms with van der Waals surface area (Å²) in [5, 5.41) is 0. The van der Waals surface area contributed by atoms with Crippen molar-refractivity contribution in [3.8, 4) is 0 Å². The third kappa shape index (κ3) is 4.39. The van der Waals surface area contributed by atoms with Crippen LogP contribution in [0.15, 0.2) is 36.1 Å². The summed E-state index contributed by atoms with van der Waals surface area (Å²) in [6, 6.07) is 0. The number of rotatable bonds is 1. The molecule has 57 valence electrons. The molecule has 0 aliphatic heterocycles. The van der Waals surface area contributed by atoms with Crippen molar-refractivity contribution in [2.24, 2.45) is 0 Å². The molecule has 1 radical (unpaired) electrons. The second-order valence-corrected chi connectivity index (χ2v) is 1.85. The largest absolute Gasteiger partial charge is 1.00 e. The van der Waals surface area contributed by atoms with Crippen molar-refractivity contribution in [2.45, 2.75) is 0 Å². The Kier molecular flexibility index (Phi) is 8.15. The van der Waals surface area contributed by atoms with Crippen molar-refractivity contribution < 1.29 is 36.6 Å². The van der Waals surface area contributed by atoms with E-state index in [0.29, 0.717) is 0 Å². The Labute approximate surface area is 86.4 Å². The van der Waals surface area contributed by atoms with Gasteiger partial charge in [0.1, 0.15) is 5.76 Å². The Hall–Kier alpha value is -0.0666. The summed E-state index contributed by atoms with van der Waals surface area (Å²) in [5.74, 6) is 0.863. The van der Waals surface area contributed by atoms with Gasteiger partial charge in [0, 0.05) is 19.5 Å². The first-order valence-electron chi connectivity index (χ1n) is 2.79. The number of hydrogen-bond donors (Lipinski definition) is 0. The van der Waals surface area contributed by atoms with E-state index in [4.69, 9.17) is 4.74 Å². The third-order valence-corrected chi connectivity index (χ3v) is 1.13. The zero-order valence-electron chi connectivity index (χ0n) is 6.51. The van der Waals surface area contributed by atoms with Gasteiger partial charge < -0.3 is 17.1 Å². The second kappa shape index (κ2) is 6.63. The van der Waals surface area contributed by atoms with Gasteiger partial charge in [-0.05, 0) is 11.6 Å². The van der Waals surface area contributed by atoms with Gasteiger partial charge in [-0.3, -0.25) is 0 Å². The van der Waals surface area contributed by atoms with Gasteiger partial charge in [0.25, 0.3) is 0 Å². The zero-order valence-corrected chi connectivity index (χ0v) is 10.2. The van der Waals surface area contributed by atoms with E-state index in [0.717, 1.165) is 11.3 Å². The molecular weight excluding hydrogens is 213 g/mol. The Morgan fingerprint density at radius 1 is 1.45 bits per heavy atom. The molecule has 0 aromatic rings. The molecule has 1 aliphatic carbocycles. The van der Waals surface area contributed by atoms with Crippen LogP contribution in [0.1, 0.15) is 0 Å². The van der Waals surface area contributed by atoms with E-state index in [2.05, 4.69) is 6.58 Å². The fourth-order valence-corrected chi connectivity index (χ4v) is 0.672. The number of hydrogen-bond acceptors (Lipinski definition) is 1. The summed E-state index contributed by atoms with van der Waals surface area (Å²) in [5.41, 5.74) is 0.981. The number of methoxy groups -OCH3 is 1. The third-order valence-electron chi connectivity index (χ3n) is 1.13. The molecule has 1 aliphatic rings. The van der Waals surface area contributed by atoms with Gasteiger partial charge >= 0.3 is 0 Å². The molecule has 0 N–H and O–H groups in total. The van der Waals surface area contributed by atoms with Crippen LogP contribution in [0.2, 0.25) is 0 Å². The smallest absolute Gasteiger partial charge is 0.104 e. The molecule has 0 aromatic carbocycles. The van der Waals surface area contributed by atoms with Gasteiger partial charge in [0.15, 0.2) is 0 Å². The van der Waals surface area contributed by atoms with E-state index >= 15 is 0 Å². The molecule has 1 rings (SSSR count). The molecule has 0 unspecified atom stereocenters. The Bertz CT molecular complexity index is 185. The van der Waals surface area contributed by atoms with Crippen molar-refractivity contribution in [2.75, 3.05) is 7.11 Å². The number of allylic oxidation sites excluding steroid dienone is 4. The first kappa shape index (κ1) is 13.5. The van der Waals surface area contributed by atoms with Gasteiger partial charge in [-0.15, -0.1) is 0 Å². The molecule has 0 heterocycles. The molecule has 0 saturated carbocycles. The molecule has 0 fully saturated rings. The van der Waals surface area contributed by atoms with Crippen LogP contribution in [0.25, 0.3) is 0 Å². The summed E-state index contributed by atoms with van der Waals surface area (Å²) in [7, 11) is 1.65. The zero-order chi connectivity index (χ0) is 6.69. The molecule has 0 spiro atoms. The van der Waals surface area contributed by atoms with Crippen LogP contribution < -0.4 is 12.4 Å². The topological polar surface area (TPSA) is 9.23 Å². The fraction of sp³-hybridized carbons (Fsp3) is 0.125.